The zero-order valence-corrected chi connectivity index (χ0v) is 15.5. The first-order valence-electron chi connectivity index (χ1n) is 8.40. The Bertz CT molecular complexity index is 819. The number of aromatic amines is 1. The number of rotatable bonds is 6. The van der Waals surface area contributed by atoms with E-state index in [0.29, 0.717) is 31.9 Å². The van der Waals surface area contributed by atoms with Crippen molar-refractivity contribution in [2.75, 3.05) is 32.9 Å². The Kier molecular flexibility index (Phi) is 6.28. The van der Waals surface area contributed by atoms with E-state index in [4.69, 9.17) is 18.6 Å². The van der Waals surface area contributed by atoms with E-state index in [1.165, 1.54) is 18.2 Å². The van der Waals surface area contributed by atoms with Gasteiger partial charge in [-0.3, -0.25) is 18.9 Å². The van der Waals surface area contributed by atoms with E-state index in [-0.39, 0.29) is 6.42 Å². The maximum atomic E-state index is 12.0. The Balaban J connectivity index is 1.58. The SMILES string of the molecule is Cc1cn([C@H]2C[C@H](O)[C@@H](COP(=O)(O)ON3CCOCC3)O2)c(=O)[nH]c1=O. The van der Waals surface area contributed by atoms with Gasteiger partial charge in [0.25, 0.3) is 5.56 Å². The smallest absolute Gasteiger partial charge is 0.390 e. The molecule has 0 amide bonds. The molecular formula is C14H22N3O9P. The molecule has 2 saturated heterocycles. The van der Waals surface area contributed by atoms with Gasteiger partial charge < -0.3 is 19.5 Å². The number of hydrogen-bond donors (Lipinski definition) is 3. The second-order valence-corrected chi connectivity index (χ2v) is 7.66. The fourth-order valence-corrected chi connectivity index (χ4v) is 3.64. The van der Waals surface area contributed by atoms with Crippen LogP contribution in [0.1, 0.15) is 18.2 Å². The molecule has 0 radical (unpaired) electrons. The molecule has 3 N–H and O–H groups in total. The molecule has 13 heteroatoms. The van der Waals surface area contributed by atoms with E-state index in [2.05, 4.69) is 4.98 Å². The van der Waals surface area contributed by atoms with Gasteiger partial charge in [-0.1, -0.05) is 0 Å². The number of phosphoric acid groups is 1. The van der Waals surface area contributed by atoms with Gasteiger partial charge in [0, 0.05) is 31.3 Å². The Morgan fingerprint density at radius 2 is 2.07 bits per heavy atom. The number of nitrogens with zero attached hydrogens (tertiary/aromatic N) is 2. The molecule has 27 heavy (non-hydrogen) atoms. The monoisotopic (exact) mass is 407 g/mol. The standard InChI is InChI=1S/C14H22N3O9P/c1-9-7-17(14(20)15-13(9)19)12-6-10(18)11(25-12)8-24-27(21,22)26-16-2-4-23-5-3-16/h7,10-12,18H,2-6,8H2,1H3,(H,21,22)(H,15,19,20)/t10-,11+,12+/m0/s1. The predicted molar refractivity (Wildman–Crippen MR) is 89.8 cm³/mol. The van der Waals surface area contributed by atoms with E-state index in [1.54, 1.807) is 0 Å². The van der Waals surface area contributed by atoms with Gasteiger partial charge >= 0.3 is 13.5 Å². The summed E-state index contributed by atoms with van der Waals surface area (Å²) in [7, 11) is -4.39. The number of aromatic nitrogens is 2. The van der Waals surface area contributed by atoms with E-state index in [9.17, 15) is 24.2 Å². The van der Waals surface area contributed by atoms with Crippen LogP contribution in [0.5, 0.6) is 0 Å². The molecule has 1 unspecified atom stereocenters. The second kappa shape index (κ2) is 8.33. The molecular weight excluding hydrogens is 385 g/mol. The number of aliphatic hydroxyl groups excluding tert-OH is 1. The lowest BCUT2D eigenvalue weighted by Gasteiger charge is -2.27. The van der Waals surface area contributed by atoms with Crippen LogP contribution in [0.2, 0.25) is 0 Å². The Morgan fingerprint density at radius 3 is 2.78 bits per heavy atom. The van der Waals surface area contributed by atoms with Crippen molar-refractivity contribution in [2.24, 2.45) is 0 Å². The summed E-state index contributed by atoms with van der Waals surface area (Å²) in [5.74, 6) is 0. The minimum atomic E-state index is -4.39. The zero-order chi connectivity index (χ0) is 19.6. The van der Waals surface area contributed by atoms with Crippen molar-refractivity contribution in [1.29, 1.82) is 0 Å². The highest BCUT2D eigenvalue weighted by molar-refractivity contribution is 7.47. The third kappa shape index (κ3) is 5.12. The summed E-state index contributed by atoms with van der Waals surface area (Å²) in [5, 5.41) is 11.4. The number of morpholine rings is 1. The maximum Gasteiger partial charge on any atom is 0.489 e. The fourth-order valence-electron chi connectivity index (χ4n) is 2.80. The summed E-state index contributed by atoms with van der Waals surface area (Å²) >= 11 is 0. The van der Waals surface area contributed by atoms with Crippen LogP contribution in [0.15, 0.2) is 15.8 Å². The van der Waals surface area contributed by atoms with Crippen molar-refractivity contribution in [2.45, 2.75) is 31.8 Å². The fraction of sp³-hybridized carbons (Fsp3) is 0.714. The van der Waals surface area contributed by atoms with Crippen LogP contribution in [0, 0.1) is 6.92 Å². The number of H-pyrrole nitrogens is 1. The van der Waals surface area contributed by atoms with Gasteiger partial charge in [0.05, 0.1) is 25.9 Å². The molecule has 12 nitrogen and oxygen atoms in total. The quantitative estimate of drug-likeness (QED) is 0.494. The summed E-state index contributed by atoms with van der Waals surface area (Å²) in [6.07, 6.45) is -1.42. The highest BCUT2D eigenvalue weighted by Crippen LogP contribution is 2.45. The highest BCUT2D eigenvalue weighted by Gasteiger charge is 2.38. The largest absolute Gasteiger partial charge is 0.489 e. The summed E-state index contributed by atoms with van der Waals surface area (Å²) < 4.78 is 33.7. The maximum absolute atomic E-state index is 12.0. The van der Waals surface area contributed by atoms with Crippen molar-refractivity contribution < 1.29 is 33.2 Å². The number of phosphoric ester groups is 1. The first kappa shape index (κ1) is 20.4. The Labute approximate surface area is 153 Å². The van der Waals surface area contributed by atoms with Crippen molar-refractivity contribution in [3.8, 4) is 0 Å². The topological polar surface area (TPSA) is 153 Å². The lowest BCUT2D eigenvalue weighted by atomic mass is 10.2. The van der Waals surface area contributed by atoms with E-state index in [1.807, 2.05) is 0 Å². The number of aryl methyl sites for hydroxylation is 1. The molecule has 0 saturated carbocycles. The van der Waals surface area contributed by atoms with Crippen LogP contribution in [0.3, 0.4) is 0 Å². The molecule has 1 aromatic rings. The molecule has 0 bridgehead atoms. The van der Waals surface area contributed by atoms with Crippen LogP contribution in [0.4, 0.5) is 0 Å². The normalized spacial score (nSPS) is 28.9. The molecule has 2 aliphatic rings. The van der Waals surface area contributed by atoms with Crippen molar-refractivity contribution in [1.82, 2.24) is 14.6 Å². The van der Waals surface area contributed by atoms with E-state index < -0.39 is 44.1 Å². The number of aliphatic hydroxyl groups is 1. The zero-order valence-electron chi connectivity index (χ0n) is 14.6. The van der Waals surface area contributed by atoms with Gasteiger partial charge in [-0.15, -0.1) is 0 Å². The lowest BCUT2D eigenvalue weighted by Crippen LogP contribution is -2.36. The van der Waals surface area contributed by atoms with Crippen LogP contribution in [-0.4, -0.2) is 69.7 Å². The summed E-state index contributed by atoms with van der Waals surface area (Å²) in [4.78, 5) is 35.3. The molecule has 4 atom stereocenters. The minimum Gasteiger partial charge on any atom is -0.390 e. The van der Waals surface area contributed by atoms with Gasteiger partial charge in [0.2, 0.25) is 0 Å². The molecule has 0 aliphatic carbocycles. The van der Waals surface area contributed by atoms with Crippen molar-refractivity contribution in [3.05, 3.63) is 32.6 Å². The van der Waals surface area contributed by atoms with Crippen molar-refractivity contribution in [3.63, 3.8) is 0 Å². The van der Waals surface area contributed by atoms with Crippen LogP contribution in [0.25, 0.3) is 0 Å². The molecule has 3 rings (SSSR count). The molecule has 2 aliphatic heterocycles. The summed E-state index contributed by atoms with van der Waals surface area (Å²) in [6, 6.07) is 0. The molecule has 2 fully saturated rings. The molecule has 0 aromatic carbocycles. The average Bonchev–Trinajstić information content (AvgIpc) is 2.97. The average molecular weight is 407 g/mol. The summed E-state index contributed by atoms with van der Waals surface area (Å²) in [6.45, 7) is 2.53. The number of hydroxylamine groups is 2. The lowest BCUT2D eigenvalue weighted by molar-refractivity contribution is -0.139. The summed E-state index contributed by atoms with van der Waals surface area (Å²) in [5.41, 5.74) is -0.866. The van der Waals surface area contributed by atoms with Gasteiger partial charge in [-0.2, -0.15) is 9.69 Å². The third-order valence-corrected chi connectivity index (χ3v) is 5.16. The number of nitrogens with one attached hydrogen (secondary N) is 1. The molecule has 1 aromatic heterocycles. The van der Waals surface area contributed by atoms with Gasteiger partial charge in [-0.05, 0) is 6.92 Å². The Morgan fingerprint density at radius 1 is 1.37 bits per heavy atom. The first-order valence-corrected chi connectivity index (χ1v) is 9.90. The number of hydrogen-bond acceptors (Lipinski definition) is 9. The molecule has 152 valence electrons. The molecule has 0 spiro atoms. The van der Waals surface area contributed by atoms with Gasteiger partial charge in [0.1, 0.15) is 12.3 Å². The predicted octanol–water partition coefficient (Wildman–Crippen LogP) is -1.13. The number of ether oxygens (including phenoxy) is 2. The van der Waals surface area contributed by atoms with Crippen LogP contribution >= 0.6 is 7.82 Å². The first-order chi connectivity index (χ1) is 12.7. The van der Waals surface area contributed by atoms with Crippen molar-refractivity contribution >= 4 is 7.82 Å². The Hall–Kier alpha value is -1.37. The highest BCUT2D eigenvalue weighted by atomic mass is 31.2. The second-order valence-electron chi connectivity index (χ2n) is 6.30. The third-order valence-electron chi connectivity index (χ3n) is 4.25. The minimum absolute atomic E-state index is 0.0550. The van der Waals surface area contributed by atoms with Crippen LogP contribution in [-0.2, 0) is 23.2 Å². The van der Waals surface area contributed by atoms with Gasteiger partial charge in [-0.25, -0.2) is 9.36 Å². The van der Waals surface area contributed by atoms with Gasteiger partial charge in [0.15, 0.2) is 0 Å². The van der Waals surface area contributed by atoms with E-state index in [0.717, 1.165) is 4.57 Å². The van der Waals surface area contributed by atoms with E-state index >= 15 is 0 Å². The van der Waals surface area contributed by atoms with Crippen LogP contribution < -0.4 is 11.2 Å². The molecule has 3 heterocycles.